The van der Waals surface area contributed by atoms with Crippen LogP contribution in [0.3, 0.4) is 0 Å². The highest BCUT2D eigenvalue weighted by Gasteiger charge is 2.05. The number of aromatic nitrogens is 2. The van der Waals surface area contributed by atoms with E-state index in [4.69, 9.17) is 0 Å². The van der Waals surface area contributed by atoms with Crippen molar-refractivity contribution in [1.82, 2.24) is 9.55 Å². The number of pyridine rings is 1. The van der Waals surface area contributed by atoms with Crippen molar-refractivity contribution in [2.45, 2.75) is 6.92 Å². The Morgan fingerprint density at radius 3 is 2.92 bits per heavy atom. The van der Waals surface area contributed by atoms with E-state index in [1.165, 1.54) is 17.7 Å². The first-order valence-corrected chi connectivity index (χ1v) is 3.90. The van der Waals surface area contributed by atoms with Gasteiger partial charge in [-0.15, -0.1) is 0 Å². The Bertz CT molecular complexity index is 522. The molecule has 0 fully saturated rings. The molecule has 0 aliphatic rings. The van der Waals surface area contributed by atoms with Crippen LogP contribution in [0, 0.1) is 0 Å². The fraction of sp³-hybridized carbons (Fsp3) is 0.111. The van der Waals surface area contributed by atoms with Crippen LogP contribution < -0.4 is 5.56 Å². The number of hydrogen-bond acceptors (Lipinski definition) is 2. The van der Waals surface area contributed by atoms with E-state index in [1.807, 2.05) is 0 Å². The molecular formula is C9H8N2O2. The number of nitrogens with zero attached hydrogens (tertiary/aromatic N) is 1. The van der Waals surface area contributed by atoms with Gasteiger partial charge in [0.15, 0.2) is 0 Å². The fourth-order valence-electron chi connectivity index (χ4n) is 1.36. The molecule has 0 bridgehead atoms. The maximum Gasteiger partial charge on any atom is 0.257 e. The summed E-state index contributed by atoms with van der Waals surface area (Å²) in [5.74, 6) is -0.0967. The highest BCUT2D eigenvalue weighted by molar-refractivity contribution is 5.90. The molecule has 2 aromatic heterocycles. The molecule has 0 amide bonds. The van der Waals surface area contributed by atoms with Crippen molar-refractivity contribution in [2.24, 2.45) is 0 Å². The summed E-state index contributed by atoms with van der Waals surface area (Å²) in [4.78, 5) is 24.9. The van der Waals surface area contributed by atoms with Gasteiger partial charge in [0.1, 0.15) is 0 Å². The Labute approximate surface area is 73.8 Å². The lowest BCUT2D eigenvalue weighted by Crippen LogP contribution is -2.07. The highest BCUT2D eigenvalue weighted by Crippen LogP contribution is 2.09. The zero-order valence-electron chi connectivity index (χ0n) is 7.07. The van der Waals surface area contributed by atoms with E-state index in [9.17, 15) is 9.59 Å². The number of carbonyl (C=O) groups excluding carboxylic acids is 1. The summed E-state index contributed by atoms with van der Waals surface area (Å²) in [7, 11) is 0. The van der Waals surface area contributed by atoms with Gasteiger partial charge in [-0.1, -0.05) is 0 Å². The van der Waals surface area contributed by atoms with Crippen LogP contribution in [0.2, 0.25) is 0 Å². The molecule has 0 aliphatic heterocycles. The minimum Gasteiger partial charge on any atom is -0.328 e. The number of aromatic amines is 1. The first kappa shape index (κ1) is 7.79. The average Bonchev–Trinajstić information content (AvgIpc) is 2.48. The van der Waals surface area contributed by atoms with Crippen LogP contribution in [0.15, 0.2) is 29.3 Å². The highest BCUT2D eigenvalue weighted by atomic mass is 16.1. The quantitative estimate of drug-likeness (QED) is 0.650. The molecule has 1 N–H and O–H groups in total. The Balaban J connectivity index is 2.91. The number of nitrogens with one attached hydrogen (secondary N) is 1. The van der Waals surface area contributed by atoms with Crippen molar-refractivity contribution in [2.75, 3.05) is 0 Å². The van der Waals surface area contributed by atoms with E-state index in [0.717, 1.165) is 0 Å². The van der Waals surface area contributed by atoms with Gasteiger partial charge in [0.25, 0.3) is 5.56 Å². The predicted molar refractivity (Wildman–Crippen MR) is 48.9 cm³/mol. The van der Waals surface area contributed by atoms with E-state index >= 15 is 0 Å². The molecule has 66 valence electrons. The Morgan fingerprint density at radius 2 is 2.23 bits per heavy atom. The molecule has 4 heteroatoms. The van der Waals surface area contributed by atoms with Crippen molar-refractivity contribution in [1.29, 1.82) is 0 Å². The van der Waals surface area contributed by atoms with Gasteiger partial charge in [-0.05, 0) is 12.1 Å². The largest absolute Gasteiger partial charge is 0.328 e. The van der Waals surface area contributed by atoms with Crippen LogP contribution >= 0.6 is 0 Å². The SMILES string of the molecule is CC(=O)n1ccc2c(=O)[nH]ccc21. The lowest BCUT2D eigenvalue weighted by molar-refractivity contribution is 0.0941. The minimum absolute atomic E-state index is 0.0967. The topological polar surface area (TPSA) is 54.9 Å². The van der Waals surface area contributed by atoms with Gasteiger partial charge in [-0.3, -0.25) is 14.2 Å². The molecule has 13 heavy (non-hydrogen) atoms. The number of rotatable bonds is 0. The van der Waals surface area contributed by atoms with Gasteiger partial charge in [0.2, 0.25) is 5.91 Å². The number of hydrogen-bond donors (Lipinski definition) is 1. The summed E-state index contributed by atoms with van der Waals surface area (Å²) in [6, 6.07) is 3.34. The normalized spacial score (nSPS) is 10.5. The van der Waals surface area contributed by atoms with Crippen molar-refractivity contribution >= 4 is 16.8 Å². The number of carbonyl (C=O) groups is 1. The monoisotopic (exact) mass is 176 g/mol. The van der Waals surface area contributed by atoms with Crippen molar-refractivity contribution in [3.63, 3.8) is 0 Å². The summed E-state index contributed by atoms with van der Waals surface area (Å²) in [6.45, 7) is 1.46. The second-order valence-corrected chi connectivity index (χ2v) is 2.81. The van der Waals surface area contributed by atoms with E-state index in [-0.39, 0.29) is 11.5 Å². The van der Waals surface area contributed by atoms with Gasteiger partial charge < -0.3 is 4.98 Å². The molecule has 0 aliphatic carbocycles. The van der Waals surface area contributed by atoms with Crippen molar-refractivity contribution < 1.29 is 4.79 Å². The summed E-state index contributed by atoms with van der Waals surface area (Å²) < 4.78 is 1.45. The van der Waals surface area contributed by atoms with Crippen LogP contribution in [0.4, 0.5) is 0 Å². The molecular weight excluding hydrogens is 168 g/mol. The maximum absolute atomic E-state index is 11.2. The van der Waals surface area contributed by atoms with Gasteiger partial charge in [-0.2, -0.15) is 0 Å². The van der Waals surface area contributed by atoms with E-state index in [1.54, 1.807) is 18.3 Å². The molecule has 0 aromatic carbocycles. The van der Waals surface area contributed by atoms with Crippen molar-refractivity contribution in [3.8, 4) is 0 Å². The van der Waals surface area contributed by atoms with Gasteiger partial charge in [-0.25, -0.2) is 0 Å². The molecule has 0 spiro atoms. The van der Waals surface area contributed by atoms with Crippen molar-refractivity contribution in [3.05, 3.63) is 34.9 Å². The van der Waals surface area contributed by atoms with Crippen LogP contribution in [0.1, 0.15) is 11.7 Å². The minimum atomic E-state index is -0.169. The Morgan fingerprint density at radius 1 is 1.46 bits per heavy atom. The van der Waals surface area contributed by atoms with E-state index < -0.39 is 0 Å². The lowest BCUT2D eigenvalue weighted by Gasteiger charge is -1.96. The first-order chi connectivity index (χ1) is 6.20. The smallest absolute Gasteiger partial charge is 0.257 e. The van der Waals surface area contributed by atoms with Gasteiger partial charge in [0.05, 0.1) is 10.9 Å². The van der Waals surface area contributed by atoms with E-state index in [2.05, 4.69) is 4.98 Å². The summed E-state index contributed by atoms with van der Waals surface area (Å²) >= 11 is 0. The van der Waals surface area contributed by atoms with Gasteiger partial charge >= 0.3 is 0 Å². The third-order valence-electron chi connectivity index (χ3n) is 1.97. The van der Waals surface area contributed by atoms with Crippen LogP contribution in [-0.2, 0) is 0 Å². The summed E-state index contributed by atoms with van der Waals surface area (Å²) in [6.07, 6.45) is 3.13. The van der Waals surface area contributed by atoms with Crippen LogP contribution in [0.5, 0.6) is 0 Å². The zero-order valence-corrected chi connectivity index (χ0v) is 7.07. The molecule has 2 rings (SSSR count). The van der Waals surface area contributed by atoms with E-state index in [0.29, 0.717) is 10.9 Å². The predicted octanol–water partition coefficient (Wildman–Crippen LogP) is 0.990. The standard InChI is InChI=1S/C9H8N2O2/c1-6(12)11-5-3-7-8(11)2-4-10-9(7)13/h2-5H,1H3,(H,10,13). The molecule has 0 atom stereocenters. The summed E-state index contributed by atoms with van der Waals surface area (Å²) in [5.41, 5.74) is 0.480. The molecule has 0 radical (unpaired) electrons. The molecule has 2 heterocycles. The first-order valence-electron chi connectivity index (χ1n) is 3.90. The zero-order chi connectivity index (χ0) is 9.42. The fourth-order valence-corrected chi connectivity index (χ4v) is 1.36. The lowest BCUT2D eigenvalue weighted by atomic mass is 10.3. The Hall–Kier alpha value is -1.84. The molecule has 0 saturated heterocycles. The third-order valence-corrected chi connectivity index (χ3v) is 1.97. The second kappa shape index (κ2) is 2.58. The summed E-state index contributed by atoms with van der Waals surface area (Å²) in [5, 5.41) is 0.540. The average molecular weight is 176 g/mol. The second-order valence-electron chi connectivity index (χ2n) is 2.81. The molecule has 0 unspecified atom stereocenters. The number of H-pyrrole nitrogens is 1. The van der Waals surface area contributed by atoms with Crippen LogP contribution in [0.25, 0.3) is 10.9 Å². The molecule has 2 aromatic rings. The molecule has 4 nitrogen and oxygen atoms in total. The van der Waals surface area contributed by atoms with Gasteiger partial charge in [0, 0.05) is 19.3 Å². The third kappa shape index (κ3) is 1.07. The Kier molecular flexibility index (Phi) is 1.55. The molecule has 0 saturated carbocycles. The maximum atomic E-state index is 11.2. The number of fused-ring (bicyclic) bond motifs is 1. The van der Waals surface area contributed by atoms with Crippen LogP contribution in [-0.4, -0.2) is 15.5 Å².